The van der Waals surface area contributed by atoms with Crippen LogP contribution >= 0.6 is 0 Å². The Bertz CT molecular complexity index is 597. The number of anilines is 1. The lowest BCUT2D eigenvalue weighted by molar-refractivity contribution is 0.0936. The van der Waals surface area contributed by atoms with E-state index in [4.69, 9.17) is 0 Å². The lowest BCUT2D eigenvalue weighted by Crippen LogP contribution is -2.37. The van der Waals surface area contributed by atoms with E-state index in [0.29, 0.717) is 12.2 Å². The molecule has 1 aliphatic rings. The largest absolute Gasteiger partial charge is 0.369 e. The summed E-state index contributed by atoms with van der Waals surface area (Å²) in [5, 5.41) is 2.99. The normalized spacial score (nSPS) is 18.2. The number of aromatic nitrogens is 1. The molecule has 2 aromatic rings. The summed E-state index contributed by atoms with van der Waals surface area (Å²) >= 11 is 0. The number of amides is 1. The van der Waals surface area contributed by atoms with Crippen LogP contribution in [0.2, 0.25) is 0 Å². The third-order valence-corrected chi connectivity index (χ3v) is 3.54. The quantitative estimate of drug-likeness (QED) is 0.900. The van der Waals surface area contributed by atoms with Crippen LogP contribution in [0, 0.1) is 5.82 Å². The molecule has 1 aromatic heterocycles. The monoisotopic (exact) mass is 273 g/mol. The molecule has 1 atom stereocenters. The van der Waals surface area contributed by atoms with Gasteiger partial charge in [0.15, 0.2) is 0 Å². The average Bonchev–Trinajstić information content (AvgIpc) is 3.10. The second kappa shape index (κ2) is 5.36. The van der Waals surface area contributed by atoms with Crippen molar-refractivity contribution >= 4 is 11.6 Å². The summed E-state index contributed by atoms with van der Waals surface area (Å²) in [4.78, 5) is 16.9. The molecule has 0 aliphatic carbocycles. The van der Waals surface area contributed by atoms with E-state index in [1.54, 1.807) is 24.4 Å². The van der Waals surface area contributed by atoms with Crippen LogP contribution in [-0.4, -0.2) is 30.0 Å². The van der Waals surface area contributed by atoms with Crippen molar-refractivity contribution in [1.29, 1.82) is 0 Å². The highest BCUT2D eigenvalue weighted by atomic mass is 19.1. The molecule has 1 saturated heterocycles. The molecule has 1 unspecified atom stereocenters. The standard InChI is InChI=1S/C15H16FN3O/c16-11-3-1-4-13(9-11)19-8-6-12(10-19)18-15(20)14-5-2-7-17-14/h1-5,7,9,12,17H,6,8,10H2,(H,18,20). The van der Waals surface area contributed by atoms with Crippen LogP contribution in [0.1, 0.15) is 16.9 Å². The number of halogens is 1. The van der Waals surface area contributed by atoms with Gasteiger partial charge < -0.3 is 15.2 Å². The second-order valence-electron chi connectivity index (χ2n) is 4.97. The number of benzene rings is 1. The van der Waals surface area contributed by atoms with Gasteiger partial charge in [-0.05, 0) is 36.8 Å². The minimum atomic E-state index is -0.235. The van der Waals surface area contributed by atoms with Crippen molar-refractivity contribution in [3.05, 3.63) is 54.1 Å². The van der Waals surface area contributed by atoms with Gasteiger partial charge in [-0.3, -0.25) is 4.79 Å². The lowest BCUT2D eigenvalue weighted by atomic mass is 10.2. The van der Waals surface area contributed by atoms with Gasteiger partial charge in [-0.2, -0.15) is 0 Å². The number of nitrogens with one attached hydrogen (secondary N) is 2. The summed E-state index contributed by atoms with van der Waals surface area (Å²) in [5.74, 6) is -0.331. The van der Waals surface area contributed by atoms with Gasteiger partial charge in [0.1, 0.15) is 11.5 Å². The lowest BCUT2D eigenvalue weighted by Gasteiger charge is -2.19. The molecule has 0 bridgehead atoms. The molecule has 0 spiro atoms. The van der Waals surface area contributed by atoms with Gasteiger partial charge in [-0.15, -0.1) is 0 Å². The fourth-order valence-electron chi connectivity index (χ4n) is 2.52. The smallest absolute Gasteiger partial charge is 0.267 e. The third-order valence-electron chi connectivity index (χ3n) is 3.54. The summed E-state index contributed by atoms with van der Waals surface area (Å²) in [5.41, 5.74) is 1.43. The highest BCUT2D eigenvalue weighted by Gasteiger charge is 2.24. The number of carbonyl (C=O) groups is 1. The number of hydrogen-bond donors (Lipinski definition) is 2. The maximum absolute atomic E-state index is 13.2. The van der Waals surface area contributed by atoms with Gasteiger partial charge in [-0.1, -0.05) is 6.07 Å². The Balaban J connectivity index is 1.61. The van der Waals surface area contributed by atoms with Gasteiger partial charge in [0, 0.05) is 31.0 Å². The highest BCUT2D eigenvalue weighted by molar-refractivity contribution is 5.92. The third kappa shape index (κ3) is 2.66. The average molecular weight is 273 g/mol. The van der Waals surface area contributed by atoms with Gasteiger partial charge in [0.05, 0.1) is 0 Å². The second-order valence-corrected chi connectivity index (χ2v) is 4.97. The summed E-state index contributed by atoms with van der Waals surface area (Å²) < 4.78 is 13.2. The van der Waals surface area contributed by atoms with Crippen LogP contribution in [0.5, 0.6) is 0 Å². The molecule has 1 aliphatic heterocycles. The van der Waals surface area contributed by atoms with E-state index < -0.39 is 0 Å². The number of carbonyl (C=O) groups excluding carboxylic acids is 1. The van der Waals surface area contributed by atoms with Crippen LogP contribution < -0.4 is 10.2 Å². The van der Waals surface area contributed by atoms with Crippen molar-refractivity contribution in [1.82, 2.24) is 10.3 Å². The minimum absolute atomic E-state index is 0.0917. The minimum Gasteiger partial charge on any atom is -0.369 e. The van der Waals surface area contributed by atoms with Gasteiger partial charge in [-0.25, -0.2) is 4.39 Å². The molecule has 1 amide bonds. The maximum Gasteiger partial charge on any atom is 0.267 e. The van der Waals surface area contributed by atoms with Gasteiger partial charge in [0.2, 0.25) is 0 Å². The van der Waals surface area contributed by atoms with Crippen molar-refractivity contribution in [3.8, 4) is 0 Å². The first-order valence-electron chi connectivity index (χ1n) is 6.67. The molecular formula is C15H16FN3O. The Morgan fingerprint density at radius 2 is 2.25 bits per heavy atom. The predicted molar refractivity (Wildman–Crippen MR) is 75.3 cm³/mol. The molecule has 20 heavy (non-hydrogen) atoms. The number of aromatic amines is 1. The molecule has 104 valence electrons. The number of nitrogens with zero attached hydrogens (tertiary/aromatic N) is 1. The number of hydrogen-bond acceptors (Lipinski definition) is 2. The van der Waals surface area contributed by atoms with Crippen molar-refractivity contribution in [2.45, 2.75) is 12.5 Å². The van der Waals surface area contributed by atoms with Crippen LogP contribution in [-0.2, 0) is 0 Å². The zero-order chi connectivity index (χ0) is 13.9. The van der Waals surface area contributed by atoms with Crippen molar-refractivity contribution in [2.24, 2.45) is 0 Å². The van der Waals surface area contributed by atoms with E-state index in [1.807, 2.05) is 6.07 Å². The van der Waals surface area contributed by atoms with Crippen LogP contribution in [0.25, 0.3) is 0 Å². The summed E-state index contributed by atoms with van der Waals surface area (Å²) in [6.45, 7) is 1.52. The highest BCUT2D eigenvalue weighted by Crippen LogP contribution is 2.21. The van der Waals surface area contributed by atoms with Crippen LogP contribution in [0.15, 0.2) is 42.6 Å². The Morgan fingerprint density at radius 1 is 1.35 bits per heavy atom. The zero-order valence-electron chi connectivity index (χ0n) is 11.0. The Morgan fingerprint density at radius 3 is 3.00 bits per heavy atom. The van der Waals surface area contributed by atoms with Crippen molar-refractivity contribution in [2.75, 3.05) is 18.0 Å². The fourth-order valence-corrected chi connectivity index (χ4v) is 2.52. The first-order chi connectivity index (χ1) is 9.72. The fraction of sp³-hybridized carbons (Fsp3) is 0.267. The molecular weight excluding hydrogens is 257 g/mol. The molecule has 5 heteroatoms. The molecule has 1 fully saturated rings. The Kier molecular flexibility index (Phi) is 3.41. The van der Waals surface area contributed by atoms with Gasteiger partial charge in [0.25, 0.3) is 5.91 Å². The molecule has 1 aromatic carbocycles. The van der Waals surface area contributed by atoms with Gasteiger partial charge >= 0.3 is 0 Å². The topological polar surface area (TPSA) is 48.1 Å². The molecule has 0 saturated carbocycles. The number of H-pyrrole nitrogens is 1. The van der Waals surface area contributed by atoms with E-state index >= 15 is 0 Å². The summed E-state index contributed by atoms with van der Waals surface area (Å²) in [7, 11) is 0. The first kappa shape index (κ1) is 12.7. The summed E-state index contributed by atoms with van der Waals surface area (Å²) in [6, 6.07) is 10.2. The SMILES string of the molecule is O=C(NC1CCN(c2cccc(F)c2)C1)c1ccc[nH]1. The number of rotatable bonds is 3. The zero-order valence-corrected chi connectivity index (χ0v) is 11.0. The molecule has 2 N–H and O–H groups in total. The Labute approximate surface area is 116 Å². The van der Waals surface area contributed by atoms with Crippen molar-refractivity contribution in [3.63, 3.8) is 0 Å². The predicted octanol–water partition coefficient (Wildman–Crippen LogP) is 2.16. The van der Waals surface area contributed by atoms with E-state index in [0.717, 1.165) is 18.7 Å². The maximum atomic E-state index is 13.2. The molecule has 2 heterocycles. The molecule has 0 radical (unpaired) electrons. The summed E-state index contributed by atoms with van der Waals surface area (Å²) in [6.07, 6.45) is 2.59. The van der Waals surface area contributed by atoms with Crippen LogP contribution in [0.4, 0.5) is 10.1 Å². The van der Waals surface area contributed by atoms with Crippen LogP contribution in [0.3, 0.4) is 0 Å². The molecule has 3 rings (SSSR count). The van der Waals surface area contributed by atoms with E-state index in [1.165, 1.54) is 12.1 Å². The van der Waals surface area contributed by atoms with E-state index in [9.17, 15) is 9.18 Å². The van der Waals surface area contributed by atoms with Crippen molar-refractivity contribution < 1.29 is 9.18 Å². The van der Waals surface area contributed by atoms with E-state index in [2.05, 4.69) is 15.2 Å². The molecule has 4 nitrogen and oxygen atoms in total. The first-order valence-corrected chi connectivity index (χ1v) is 6.67. The Hall–Kier alpha value is -2.30. The van der Waals surface area contributed by atoms with E-state index in [-0.39, 0.29) is 17.8 Å².